The molecule has 27 heavy (non-hydrogen) atoms. The molecule has 0 aliphatic rings. The Morgan fingerprint density at radius 3 is 2.30 bits per heavy atom. The molecule has 0 aliphatic heterocycles. The summed E-state index contributed by atoms with van der Waals surface area (Å²) in [6.07, 6.45) is 3.40. The van der Waals surface area contributed by atoms with Gasteiger partial charge in [0.1, 0.15) is 0 Å². The fourth-order valence-electron chi connectivity index (χ4n) is 2.92. The van der Waals surface area contributed by atoms with Crippen molar-refractivity contribution < 1.29 is 8.42 Å². The number of hydrogen-bond acceptors (Lipinski definition) is 3. The van der Waals surface area contributed by atoms with E-state index >= 15 is 0 Å². The fraction of sp³-hybridized carbons (Fsp3) is 0.227. The summed E-state index contributed by atoms with van der Waals surface area (Å²) in [5.74, 6) is 0. The first-order valence-electron chi connectivity index (χ1n) is 8.89. The van der Waals surface area contributed by atoms with Gasteiger partial charge in [0.2, 0.25) is 10.0 Å². The van der Waals surface area contributed by atoms with Crippen LogP contribution in [0.4, 0.5) is 0 Å². The summed E-state index contributed by atoms with van der Waals surface area (Å²) in [7, 11) is -3.65. The van der Waals surface area contributed by atoms with Gasteiger partial charge in [0.15, 0.2) is 0 Å². The molecular formula is C22H24N2O2S. The van der Waals surface area contributed by atoms with Crippen molar-refractivity contribution in [1.29, 1.82) is 0 Å². The van der Waals surface area contributed by atoms with Crippen LogP contribution in [0.5, 0.6) is 0 Å². The van der Waals surface area contributed by atoms with Crippen molar-refractivity contribution in [2.45, 2.75) is 38.8 Å². The van der Waals surface area contributed by atoms with Gasteiger partial charge in [0.25, 0.3) is 0 Å². The number of hydrogen-bond donors (Lipinski definition) is 0. The molecule has 1 heterocycles. The van der Waals surface area contributed by atoms with E-state index in [-0.39, 0.29) is 6.54 Å². The van der Waals surface area contributed by atoms with E-state index in [0.717, 1.165) is 27.8 Å². The maximum Gasteiger partial charge on any atom is 0.243 e. The first-order chi connectivity index (χ1) is 12.9. The SMILES string of the molecule is Cc1ccc(S(=O)(=O)N(Cc2cccnc2)Cc2ccccc2C)cc1C. The summed E-state index contributed by atoms with van der Waals surface area (Å²) in [6, 6.07) is 16.9. The molecule has 3 aromatic rings. The highest BCUT2D eigenvalue weighted by Gasteiger charge is 2.25. The molecule has 0 N–H and O–H groups in total. The molecule has 0 amide bonds. The minimum atomic E-state index is -3.65. The van der Waals surface area contributed by atoms with Gasteiger partial charge in [-0.15, -0.1) is 0 Å². The molecule has 5 heteroatoms. The van der Waals surface area contributed by atoms with Crippen LogP contribution in [0.1, 0.15) is 27.8 Å². The molecule has 0 fully saturated rings. The molecule has 0 spiro atoms. The molecular weight excluding hydrogens is 356 g/mol. The topological polar surface area (TPSA) is 50.3 Å². The van der Waals surface area contributed by atoms with Crippen molar-refractivity contribution in [2.24, 2.45) is 0 Å². The summed E-state index contributed by atoms with van der Waals surface area (Å²) in [5.41, 5.74) is 4.97. The Kier molecular flexibility index (Phi) is 5.73. The van der Waals surface area contributed by atoms with Crippen LogP contribution in [0.25, 0.3) is 0 Å². The minimum absolute atomic E-state index is 0.275. The van der Waals surface area contributed by atoms with Crippen molar-refractivity contribution in [3.63, 3.8) is 0 Å². The minimum Gasteiger partial charge on any atom is -0.264 e. The van der Waals surface area contributed by atoms with E-state index in [1.165, 1.54) is 4.31 Å². The van der Waals surface area contributed by atoms with Crippen LogP contribution in [0.15, 0.2) is 71.9 Å². The van der Waals surface area contributed by atoms with Gasteiger partial charge in [0, 0.05) is 25.5 Å². The third kappa shape index (κ3) is 4.43. The number of aromatic nitrogens is 1. The van der Waals surface area contributed by atoms with Crippen LogP contribution in [0.2, 0.25) is 0 Å². The first kappa shape index (κ1) is 19.3. The maximum absolute atomic E-state index is 13.4. The van der Waals surface area contributed by atoms with Crippen LogP contribution in [-0.2, 0) is 23.1 Å². The highest BCUT2D eigenvalue weighted by Crippen LogP contribution is 2.24. The lowest BCUT2D eigenvalue weighted by molar-refractivity contribution is 0.400. The molecule has 0 atom stereocenters. The average Bonchev–Trinajstić information content (AvgIpc) is 2.66. The summed E-state index contributed by atoms with van der Waals surface area (Å²) < 4.78 is 28.4. The summed E-state index contributed by atoms with van der Waals surface area (Å²) in [4.78, 5) is 4.44. The molecule has 3 rings (SSSR count). The summed E-state index contributed by atoms with van der Waals surface area (Å²) in [5, 5.41) is 0. The predicted octanol–water partition coefficient (Wildman–Crippen LogP) is 4.40. The monoisotopic (exact) mass is 380 g/mol. The first-order valence-corrected chi connectivity index (χ1v) is 10.3. The van der Waals surface area contributed by atoms with E-state index in [4.69, 9.17) is 0 Å². The Morgan fingerprint density at radius 2 is 1.63 bits per heavy atom. The van der Waals surface area contributed by atoms with E-state index in [1.54, 1.807) is 24.5 Å². The van der Waals surface area contributed by atoms with E-state index < -0.39 is 10.0 Å². The summed E-state index contributed by atoms with van der Waals surface area (Å²) >= 11 is 0. The van der Waals surface area contributed by atoms with Gasteiger partial charge in [-0.25, -0.2) is 8.42 Å². The van der Waals surface area contributed by atoms with Gasteiger partial charge in [-0.1, -0.05) is 36.4 Å². The standard InChI is InChI=1S/C22H24N2O2S/c1-17-10-11-22(13-19(17)3)27(25,26)24(15-20-8-6-12-23-14-20)16-21-9-5-4-7-18(21)2/h4-14H,15-16H2,1-3H3. The average molecular weight is 381 g/mol. The lowest BCUT2D eigenvalue weighted by atomic mass is 10.1. The van der Waals surface area contributed by atoms with Crippen molar-refractivity contribution in [2.75, 3.05) is 0 Å². The second kappa shape index (κ2) is 8.03. The van der Waals surface area contributed by atoms with Crippen LogP contribution in [0.3, 0.4) is 0 Å². The van der Waals surface area contributed by atoms with Crippen LogP contribution < -0.4 is 0 Å². The van der Waals surface area contributed by atoms with E-state index in [2.05, 4.69) is 4.98 Å². The zero-order chi connectivity index (χ0) is 19.4. The molecule has 1 aromatic heterocycles. The van der Waals surface area contributed by atoms with Crippen molar-refractivity contribution in [3.05, 3.63) is 94.8 Å². The van der Waals surface area contributed by atoms with Crippen LogP contribution >= 0.6 is 0 Å². The van der Waals surface area contributed by atoms with Gasteiger partial charge in [0.05, 0.1) is 4.90 Å². The lowest BCUT2D eigenvalue weighted by Crippen LogP contribution is -2.30. The molecule has 140 valence electrons. The second-order valence-corrected chi connectivity index (χ2v) is 8.74. The van der Waals surface area contributed by atoms with Gasteiger partial charge >= 0.3 is 0 Å². The molecule has 4 nitrogen and oxygen atoms in total. The second-order valence-electron chi connectivity index (χ2n) is 6.81. The van der Waals surface area contributed by atoms with Gasteiger partial charge in [-0.3, -0.25) is 4.98 Å². The quantitative estimate of drug-likeness (QED) is 0.637. The molecule has 0 bridgehead atoms. The lowest BCUT2D eigenvalue weighted by Gasteiger charge is -2.23. The fourth-order valence-corrected chi connectivity index (χ4v) is 4.41. The maximum atomic E-state index is 13.4. The Balaban J connectivity index is 2.02. The highest BCUT2D eigenvalue weighted by molar-refractivity contribution is 7.89. The Hall–Kier alpha value is -2.50. The zero-order valence-corrected chi connectivity index (χ0v) is 16.7. The molecule has 0 unspecified atom stereocenters. The molecule has 0 aliphatic carbocycles. The number of aryl methyl sites for hydroxylation is 3. The molecule has 0 radical (unpaired) electrons. The number of pyridine rings is 1. The highest BCUT2D eigenvalue weighted by atomic mass is 32.2. The van der Waals surface area contributed by atoms with Crippen molar-refractivity contribution in [3.8, 4) is 0 Å². The van der Waals surface area contributed by atoms with Gasteiger partial charge in [-0.05, 0) is 66.8 Å². The number of nitrogens with zero attached hydrogens (tertiary/aromatic N) is 2. The van der Waals surface area contributed by atoms with Crippen LogP contribution in [-0.4, -0.2) is 17.7 Å². The number of benzene rings is 2. The van der Waals surface area contributed by atoms with Gasteiger partial charge < -0.3 is 0 Å². The van der Waals surface area contributed by atoms with Crippen LogP contribution in [0, 0.1) is 20.8 Å². The van der Waals surface area contributed by atoms with Gasteiger partial charge in [-0.2, -0.15) is 4.31 Å². The Labute approximate surface area is 161 Å². The normalized spacial score (nSPS) is 11.7. The van der Waals surface area contributed by atoms with Crippen molar-refractivity contribution >= 4 is 10.0 Å². The number of sulfonamides is 1. The predicted molar refractivity (Wildman–Crippen MR) is 108 cm³/mol. The summed E-state index contributed by atoms with van der Waals surface area (Å²) in [6.45, 7) is 6.50. The largest absolute Gasteiger partial charge is 0.264 e. The zero-order valence-electron chi connectivity index (χ0n) is 15.9. The third-order valence-corrected chi connectivity index (χ3v) is 6.59. The number of rotatable bonds is 6. The molecule has 0 saturated heterocycles. The van der Waals surface area contributed by atoms with E-state index in [9.17, 15) is 8.42 Å². The third-order valence-electron chi connectivity index (χ3n) is 4.81. The Morgan fingerprint density at radius 1 is 0.852 bits per heavy atom. The molecule has 2 aromatic carbocycles. The molecule has 0 saturated carbocycles. The Bertz CT molecular complexity index is 1030. The van der Waals surface area contributed by atoms with E-state index in [1.807, 2.05) is 63.2 Å². The van der Waals surface area contributed by atoms with E-state index in [0.29, 0.717) is 11.4 Å². The smallest absolute Gasteiger partial charge is 0.243 e. The van der Waals surface area contributed by atoms with Crippen molar-refractivity contribution in [1.82, 2.24) is 9.29 Å².